The van der Waals surface area contributed by atoms with Gasteiger partial charge in [-0.2, -0.15) is 0 Å². The van der Waals surface area contributed by atoms with Crippen molar-refractivity contribution in [2.75, 3.05) is 6.54 Å². The van der Waals surface area contributed by atoms with Gasteiger partial charge in [-0.1, -0.05) is 12.8 Å². The summed E-state index contributed by atoms with van der Waals surface area (Å²) in [5.74, 6) is 3.12. The molecule has 6 nitrogen and oxygen atoms in total. The molecule has 1 aromatic heterocycles. The monoisotopic (exact) mass is 315 g/mol. The third-order valence-corrected chi connectivity index (χ3v) is 5.88. The molecule has 1 N–H and O–H groups in total. The van der Waals surface area contributed by atoms with E-state index in [0.29, 0.717) is 30.6 Å². The summed E-state index contributed by atoms with van der Waals surface area (Å²) in [6.45, 7) is 1.29. The Labute approximate surface area is 136 Å². The van der Waals surface area contributed by atoms with E-state index in [9.17, 15) is 4.79 Å². The molecule has 0 radical (unpaired) electrons. The Balaban J connectivity index is 1.41. The number of nitrogens with zero attached hydrogens (tertiary/aromatic N) is 4. The third kappa shape index (κ3) is 2.57. The Hall–Kier alpha value is -1.43. The second-order valence-corrected chi connectivity index (χ2v) is 7.78. The molecule has 1 amide bonds. The number of hydrogen-bond acceptors (Lipinski definition) is 4. The Morgan fingerprint density at radius 2 is 1.87 bits per heavy atom. The number of carbonyl (C=O) groups is 1. The van der Waals surface area contributed by atoms with Crippen molar-refractivity contribution in [3.63, 3.8) is 0 Å². The van der Waals surface area contributed by atoms with Crippen molar-refractivity contribution in [1.82, 2.24) is 25.0 Å². The zero-order chi connectivity index (χ0) is 15.4. The molecule has 2 heterocycles. The minimum absolute atomic E-state index is 0.174. The fourth-order valence-electron chi connectivity index (χ4n) is 4.42. The minimum Gasteiger partial charge on any atom is -0.351 e. The molecule has 0 unspecified atom stereocenters. The van der Waals surface area contributed by atoms with Crippen molar-refractivity contribution in [2.45, 2.75) is 82.0 Å². The van der Waals surface area contributed by atoms with E-state index in [2.05, 4.69) is 25.0 Å². The molecule has 1 aliphatic heterocycles. The zero-order valence-electron chi connectivity index (χ0n) is 13.6. The summed E-state index contributed by atoms with van der Waals surface area (Å²) >= 11 is 0. The average Bonchev–Trinajstić information content (AvgIpc) is 3.46. The maximum absolute atomic E-state index is 12.1. The van der Waals surface area contributed by atoms with Crippen molar-refractivity contribution in [3.05, 3.63) is 11.6 Å². The summed E-state index contributed by atoms with van der Waals surface area (Å²) in [6, 6.07) is 1.44. The smallest absolute Gasteiger partial charge is 0.234 e. The predicted octanol–water partition coefficient (Wildman–Crippen LogP) is 1.73. The summed E-state index contributed by atoms with van der Waals surface area (Å²) in [5, 5.41) is 12.2. The van der Waals surface area contributed by atoms with Crippen molar-refractivity contribution < 1.29 is 4.79 Å². The third-order valence-electron chi connectivity index (χ3n) is 5.88. The molecule has 0 aromatic carbocycles. The van der Waals surface area contributed by atoms with Crippen molar-refractivity contribution in [1.29, 1.82) is 0 Å². The van der Waals surface area contributed by atoms with E-state index in [1.807, 2.05) is 0 Å². The SMILES string of the molecule is O=C1CN(Cc2nnc(C3CC3)n2C2CC2)[C@H]2CCCC[C@@H]2N1. The number of carbonyl (C=O) groups excluding carboxylic acids is 1. The number of nitrogens with one attached hydrogen (secondary N) is 1. The van der Waals surface area contributed by atoms with Crippen LogP contribution in [0, 0.1) is 0 Å². The lowest BCUT2D eigenvalue weighted by molar-refractivity contribution is -0.128. The van der Waals surface area contributed by atoms with Crippen LogP contribution in [-0.4, -0.2) is 44.2 Å². The normalized spacial score (nSPS) is 31.7. The number of aromatic nitrogens is 3. The second-order valence-electron chi connectivity index (χ2n) is 7.78. The van der Waals surface area contributed by atoms with Gasteiger partial charge in [0.25, 0.3) is 0 Å². The Morgan fingerprint density at radius 3 is 2.65 bits per heavy atom. The molecule has 1 saturated heterocycles. The highest BCUT2D eigenvalue weighted by atomic mass is 16.2. The first-order chi connectivity index (χ1) is 11.3. The Morgan fingerprint density at radius 1 is 1.04 bits per heavy atom. The van der Waals surface area contributed by atoms with Crippen LogP contribution in [0.1, 0.15) is 75.0 Å². The van der Waals surface area contributed by atoms with Crippen LogP contribution in [0.25, 0.3) is 0 Å². The molecular weight excluding hydrogens is 290 g/mol. The van der Waals surface area contributed by atoms with Gasteiger partial charge in [-0.25, -0.2) is 0 Å². The highest BCUT2D eigenvalue weighted by Crippen LogP contribution is 2.45. The molecule has 23 heavy (non-hydrogen) atoms. The first-order valence-electron chi connectivity index (χ1n) is 9.26. The quantitative estimate of drug-likeness (QED) is 0.919. The number of fused-ring (bicyclic) bond motifs is 1. The number of hydrogen-bond donors (Lipinski definition) is 1. The fraction of sp³-hybridized carbons (Fsp3) is 0.824. The molecule has 6 heteroatoms. The second kappa shape index (κ2) is 5.30. The zero-order valence-corrected chi connectivity index (χ0v) is 13.6. The summed E-state index contributed by atoms with van der Waals surface area (Å²) in [6.07, 6.45) is 9.88. The van der Waals surface area contributed by atoms with Crippen LogP contribution >= 0.6 is 0 Å². The molecular formula is C17H25N5O. The highest BCUT2D eigenvalue weighted by Gasteiger charge is 2.39. The van der Waals surface area contributed by atoms with E-state index in [1.165, 1.54) is 50.8 Å². The van der Waals surface area contributed by atoms with Crippen LogP contribution in [0.2, 0.25) is 0 Å². The van der Waals surface area contributed by atoms with Gasteiger partial charge in [0.1, 0.15) is 11.6 Å². The van der Waals surface area contributed by atoms with Gasteiger partial charge in [0, 0.05) is 24.0 Å². The van der Waals surface area contributed by atoms with Crippen LogP contribution < -0.4 is 5.32 Å². The lowest BCUT2D eigenvalue weighted by Crippen LogP contribution is -2.61. The minimum atomic E-state index is 0.174. The topological polar surface area (TPSA) is 63.1 Å². The molecule has 3 aliphatic carbocycles. The summed E-state index contributed by atoms with van der Waals surface area (Å²) in [7, 11) is 0. The van der Waals surface area contributed by atoms with E-state index in [0.717, 1.165) is 18.8 Å². The van der Waals surface area contributed by atoms with E-state index < -0.39 is 0 Å². The fourth-order valence-corrected chi connectivity index (χ4v) is 4.42. The van der Waals surface area contributed by atoms with Crippen molar-refractivity contribution in [2.24, 2.45) is 0 Å². The Bertz CT molecular complexity index is 618. The predicted molar refractivity (Wildman–Crippen MR) is 84.9 cm³/mol. The van der Waals surface area contributed by atoms with Gasteiger partial charge >= 0.3 is 0 Å². The van der Waals surface area contributed by atoms with Crippen molar-refractivity contribution in [3.8, 4) is 0 Å². The lowest BCUT2D eigenvalue weighted by Gasteiger charge is -2.43. The number of piperazine rings is 1. The van der Waals surface area contributed by atoms with Crippen LogP contribution in [-0.2, 0) is 11.3 Å². The van der Waals surface area contributed by atoms with Crippen LogP contribution in [0.3, 0.4) is 0 Å². The maximum Gasteiger partial charge on any atom is 0.234 e. The van der Waals surface area contributed by atoms with Crippen LogP contribution in [0.4, 0.5) is 0 Å². The Kier molecular flexibility index (Phi) is 3.21. The molecule has 2 atom stereocenters. The molecule has 5 rings (SSSR count). The molecule has 3 saturated carbocycles. The summed E-state index contributed by atoms with van der Waals surface area (Å²) < 4.78 is 2.42. The van der Waals surface area contributed by atoms with Gasteiger partial charge in [0.15, 0.2) is 0 Å². The van der Waals surface area contributed by atoms with Crippen LogP contribution in [0.5, 0.6) is 0 Å². The van der Waals surface area contributed by atoms with Gasteiger partial charge in [-0.15, -0.1) is 10.2 Å². The lowest BCUT2D eigenvalue weighted by atomic mass is 9.87. The molecule has 4 fully saturated rings. The summed E-state index contributed by atoms with van der Waals surface area (Å²) in [4.78, 5) is 14.4. The van der Waals surface area contributed by atoms with E-state index in [1.54, 1.807) is 0 Å². The van der Waals surface area contributed by atoms with Crippen LogP contribution in [0.15, 0.2) is 0 Å². The molecule has 1 aromatic rings. The number of rotatable bonds is 4. The molecule has 0 bridgehead atoms. The first kappa shape index (κ1) is 14.0. The summed E-state index contributed by atoms with van der Waals surface area (Å²) in [5.41, 5.74) is 0. The van der Waals surface area contributed by atoms with Crippen molar-refractivity contribution >= 4 is 5.91 Å². The maximum atomic E-state index is 12.1. The molecule has 0 spiro atoms. The van der Waals surface area contributed by atoms with Gasteiger partial charge in [0.2, 0.25) is 5.91 Å². The molecule has 124 valence electrons. The van der Waals surface area contributed by atoms with Gasteiger partial charge in [-0.3, -0.25) is 9.69 Å². The first-order valence-corrected chi connectivity index (χ1v) is 9.26. The standard InChI is InChI=1S/C17H25N5O/c23-16-10-21(14-4-2-1-3-13(14)18-16)9-15-19-20-17(11-5-6-11)22(15)12-7-8-12/h11-14H,1-10H2,(H,18,23)/t13-,14-/m0/s1. The van der Waals surface area contributed by atoms with Gasteiger partial charge in [-0.05, 0) is 38.5 Å². The largest absolute Gasteiger partial charge is 0.351 e. The van der Waals surface area contributed by atoms with E-state index in [4.69, 9.17) is 0 Å². The average molecular weight is 315 g/mol. The van der Waals surface area contributed by atoms with Gasteiger partial charge in [0.05, 0.1) is 13.1 Å². The number of amides is 1. The molecule has 4 aliphatic rings. The van der Waals surface area contributed by atoms with Gasteiger partial charge < -0.3 is 9.88 Å². The van der Waals surface area contributed by atoms with E-state index >= 15 is 0 Å². The van der Waals surface area contributed by atoms with E-state index in [-0.39, 0.29) is 5.91 Å². The highest BCUT2D eigenvalue weighted by molar-refractivity contribution is 5.79.